The molecule has 0 radical (unpaired) electrons. The maximum absolute atomic E-state index is 12.1. The molecule has 1 aliphatic rings. The van der Waals surface area contributed by atoms with E-state index >= 15 is 0 Å². The molecule has 0 aromatic carbocycles. The largest absolute Gasteiger partial charge is 0.490 e. The quantitative estimate of drug-likeness (QED) is 0.658. The number of nitrogens with one attached hydrogen (secondary N) is 2. The normalized spacial score (nSPS) is 20.5. The number of hydrogen-bond donors (Lipinski definition) is 3. The van der Waals surface area contributed by atoms with Crippen LogP contribution >= 0.6 is 11.6 Å². The second-order valence-corrected chi connectivity index (χ2v) is 7.10. The van der Waals surface area contributed by atoms with E-state index in [0.717, 1.165) is 18.8 Å². The minimum absolute atomic E-state index is 0.0533. The van der Waals surface area contributed by atoms with Crippen LogP contribution in [0, 0.1) is 5.92 Å². The monoisotopic (exact) mass is 423 g/mol. The van der Waals surface area contributed by atoms with E-state index in [4.69, 9.17) is 21.5 Å². The van der Waals surface area contributed by atoms with Gasteiger partial charge in [-0.3, -0.25) is 4.79 Å². The highest BCUT2D eigenvalue weighted by Crippen LogP contribution is 2.26. The Bertz CT molecular complexity index is 633. The molecule has 1 aliphatic carbocycles. The zero-order chi connectivity index (χ0) is 21.3. The van der Waals surface area contributed by atoms with E-state index in [1.54, 1.807) is 12.1 Å². The van der Waals surface area contributed by atoms with Gasteiger partial charge in [-0.1, -0.05) is 24.9 Å². The summed E-state index contributed by atoms with van der Waals surface area (Å²) in [5, 5.41) is 13.9. The lowest BCUT2D eigenvalue weighted by atomic mass is 9.84. The number of amides is 1. The molecule has 2 rings (SSSR count). The first kappa shape index (κ1) is 24.2. The Labute approximate surface area is 166 Å². The van der Waals surface area contributed by atoms with Crippen molar-refractivity contribution in [3.63, 3.8) is 0 Å². The molecule has 1 atom stereocenters. The van der Waals surface area contributed by atoms with Crippen molar-refractivity contribution in [2.24, 2.45) is 5.92 Å². The molecule has 1 aromatic rings. The Morgan fingerprint density at radius 3 is 2.29 bits per heavy atom. The van der Waals surface area contributed by atoms with Gasteiger partial charge in [0.2, 0.25) is 5.91 Å². The third kappa shape index (κ3) is 8.88. The second-order valence-electron chi connectivity index (χ2n) is 6.67. The summed E-state index contributed by atoms with van der Waals surface area (Å²) in [7, 11) is 0. The average molecular weight is 424 g/mol. The first-order chi connectivity index (χ1) is 13.0. The molecule has 6 nitrogen and oxygen atoms in total. The van der Waals surface area contributed by atoms with Gasteiger partial charge < -0.3 is 15.7 Å². The van der Waals surface area contributed by atoms with Crippen LogP contribution in [0.5, 0.6) is 0 Å². The lowest BCUT2D eigenvalue weighted by molar-refractivity contribution is -0.192. The van der Waals surface area contributed by atoms with Crippen LogP contribution in [-0.2, 0) is 9.59 Å². The highest BCUT2D eigenvalue weighted by atomic mass is 35.5. The lowest BCUT2D eigenvalue weighted by Gasteiger charge is -2.30. The molecule has 0 bridgehead atoms. The molecular formula is C18H25ClF3N3O3. The molecule has 0 spiro atoms. The molecule has 1 fully saturated rings. The summed E-state index contributed by atoms with van der Waals surface area (Å²) in [5.74, 6) is -1.41. The number of nitrogens with zero attached hydrogens (tertiary/aromatic N) is 1. The Morgan fingerprint density at radius 2 is 1.86 bits per heavy atom. The molecule has 0 saturated heterocycles. The second kappa shape index (κ2) is 11.2. The predicted octanol–water partition coefficient (Wildman–Crippen LogP) is 4.25. The van der Waals surface area contributed by atoms with Gasteiger partial charge in [-0.2, -0.15) is 13.2 Å². The standard InChI is InChI=1S/C16H24ClN3O.C2HF3O2/c1-3-12-4-7-14(8-5-12)19-11(2)16(21)20-15-9-6-13(17)10-18-15;3-2(4,5)1(6)7/h6,9-12,14,19H,3-5,7-8H2,1-2H3,(H,18,20,21);(H,6,7). The fraction of sp³-hybridized carbons (Fsp3) is 0.611. The number of alkyl halides is 3. The number of pyridine rings is 1. The lowest BCUT2D eigenvalue weighted by Crippen LogP contribution is -2.45. The molecule has 1 unspecified atom stereocenters. The van der Waals surface area contributed by atoms with Gasteiger partial charge in [0.25, 0.3) is 0 Å². The van der Waals surface area contributed by atoms with E-state index in [1.807, 2.05) is 6.92 Å². The van der Waals surface area contributed by atoms with Crippen LogP contribution < -0.4 is 10.6 Å². The summed E-state index contributed by atoms with van der Waals surface area (Å²) in [6.45, 7) is 4.16. The average Bonchev–Trinajstić information content (AvgIpc) is 2.64. The fourth-order valence-electron chi connectivity index (χ4n) is 2.85. The summed E-state index contributed by atoms with van der Waals surface area (Å²) in [5.41, 5.74) is 0. The maximum Gasteiger partial charge on any atom is 0.490 e. The van der Waals surface area contributed by atoms with Crippen molar-refractivity contribution in [2.45, 2.75) is 64.2 Å². The van der Waals surface area contributed by atoms with E-state index < -0.39 is 12.1 Å². The Kier molecular flexibility index (Phi) is 9.68. The Morgan fingerprint density at radius 1 is 1.29 bits per heavy atom. The number of carboxylic acid groups (broad SMARTS) is 1. The molecule has 158 valence electrons. The van der Waals surface area contributed by atoms with Crippen molar-refractivity contribution in [3.8, 4) is 0 Å². The predicted molar refractivity (Wildman–Crippen MR) is 100 cm³/mol. The van der Waals surface area contributed by atoms with Crippen LogP contribution in [0.4, 0.5) is 19.0 Å². The van der Waals surface area contributed by atoms with Gasteiger partial charge in [-0.15, -0.1) is 0 Å². The molecule has 1 saturated carbocycles. The number of hydrogen-bond acceptors (Lipinski definition) is 4. The molecule has 1 aromatic heterocycles. The molecular weight excluding hydrogens is 399 g/mol. The van der Waals surface area contributed by atoms with Crippen molar-refractivity contribution in [2.75, 3.05) is 5.32 Å². The Hall–Kier alpha value is -1.87. The van der Waals surface area contributed by atoms with E-state index in [9.17, 15) is 18.0 Å². The van der Waals surface area contributed by atoms with Crippen LogP contribution in [0.2, 0.25) is 5.02 Å². The van der Waals surface area contributed by atoms with Gasteiger partial charge in [0.15, 0.2) is 0 Å². The van der Waals surface area contributed by atoms with Crippen molar-refractivity contribution in [3.05, 3.63) is 23.4 Å². The SMILES string of the molecule is CCC1CCC(NC(C)C(=O)Nc2ccc(Cl)cn2)CC1.O=C(O)C(F)(F)F. The smallest absolute Gasteiger partial charge is 0.475 e. The van der Waals surface area contributed by atoms with Crippen molar-refractivity contribution in [1.82, 2.24) is 10.3 Å². The zero-order valence-corrected chi connectivity index (χ0v) is 16.5. The summed E-state index contributed by atoms with van der Waals surface area (Å²) in [4.78, 5) is 25.1. The summed E-state index contributed by atoms with van der Waals surface area (Å²) >= 11 is 5.78. The van der Waals surface area contributed by atoms with Gasteiger partial charge in [0, 0.05) is 12.2 Å². The van der Waals surface area contributed by atoms with E-state index in [-0.39, 0.29) is 11.9 Å². The molecule has 28 heavy (non-hydrogen) atoms. The van der Waals surface area contributed by atoms with E-state index in [2.05, 4.69) is 22.5 Å². The molecule has 1 heterocycles. The van der Waals surface area contributed by atoms with Gasteiger partial charge in [-0.25, -0.2) is 9.78 Å². The summed E-state index contributed by atoms with van der Waals surface area (Å²) in [6, 6.07) is 3.66. The fourth-order valence-corrected chi connectivity index (χ4v) is 2.96. The third-order valence-corrected chi connectivity index (χ3v) is 4.75. The van der Waals surface area contributed by atoms with Crippen LogP contribution in [0.25, 0.3) is 0 Å². The molecule has 10 heteroatoms. The van der Waals surface area contributed by atoms with Crippen molar-refractivity contribution >= 4 is 29.3 Å². The zero-order valence-electron chi connectivity index (χ0n) is 15.7. The minimum Gasteiger partial charge on any atom is -0.475 e. The highest BCUT2D eigenvalue weighted by Gasteiger charge is 2.38. The van der Waals surface area contributed by atoms with Crippen LogP contribution in [0.3, 0.4) is 0 Å². The number of carbonyl (C=O) groups is 2. The third-order valence-electron chi connectivity index (χ3n) is 4.52. The first-order valence-corrected chi connectivity index (χ1v) is 9.39. The van der Waals surface area contributed by atoms with Gasteiger partial charge in [0.05, 0.1) is 11.1 Å². The van der Waals surface area contributed by atoms with E-state index in [0.29, 0.717) is 16.9 Å². The summed E-state index contributed by atoms with van der Waals surface area (Å²) in [6.07, 6.45) is 2.57. The number of aromatic nitrogens is 1. The number of halogens is 4. The Balaban J connectivity index is 0.000000480. The number of carbonyl (C=O) groups excluding carboxylic acids is 1. The van der Waals surface area contributed by atoms with Gasteiger partial charge in [0.1, 0.15) is 5.82 Å². The minimum atomic E-state index is -5.08. The number of anilines is 1. The van der Waals surface area contributed by atoms with Gasteiger partial charge in [-0.05, 0) is 50.7 Å². The van der Waals surface area contributed by atoms with Crippen molar-refractivity contribution < 1.29 is 27.9 Å². The number of aliphatic carboxylic acids is 1. The molecule has 0 aliphatic heterocycles. The van der Waals surface area contributed by atoms with Crippen LogP contribution in [0.1, 0.15) is 46.0 Å². The van der Waals surface area contributed by atoms with Crippen LogP contribution in [-0.4, -0.2) is 40.2 Å². The topological polar surface area (TPSA) is 91.3 Å². The van der Waals surface area contributed by atoms with Crippen LogP contribution in [0.15, 0.2) is 18.3 Å². The number of carboxylic acids is 1. The van der Waals surface area contributed by atoms with Gasteiger partial charge >= 0.3 is 12.1 Å². The first-order valence-electron chi connectivity index (χ1n) is 9.01. The number of rotatable bonds is 5. The molecule has 1 amide bonds. The maximum atomic E-state index is 12.1. The van der Waals surface area contributed by atoms with E-state index in [1.165, 1.54) is 25.5 Å². The molecule has 3 N–H and O–H groups in total. The van der Waals surface area contributed by atoms with Crippen molar-refractivity contribution in [1.29, 1.82) is 0 Å². The summed E-state index contributed by atoms with van der Waals surface area (Å²) < 4.78 is 31.7. The highest BCUT2D eigenvalue weighted by molar-refractivity contribution is 6.30.